The number of hydrogen-bond donors (Lipinski definition) is 0. The van der Waals surface area contributed by atoms with Crippen molar-refractivity contribution in [3.8, 4) is 22.6 Å². The van der Waals surface area contributed by atoms with Crippen LogP contribution in [0.15, 0.2) is 167 Å². The molecule has 0 radical (unpaired) electrons. The number of aromatic nitrogens is 1. The zero-order valence-electron chi connectivity index (χ0n) is 24.2. The van der Waals surface area contributed by atoms with Crippen LogP contribution < -0.4 is 4.90 Å². The van der Waals surface area contributed by atoms with Crippen molar-refractivity contribution in [3.63, 3.8) is 0 Å². The second kappa shape index (κ2) is 10.2. The van der Waals surface area contributed by atoms with E-state index in [1.54, 1.807) is 0 Å². The standard InChI is InChI=1S/C41H26N2O2/c1-3-10-29(11-4-1)41-42-36-25-20-28-12-9-16-33(39(28)40(36)45-41)27-18-21-31(22-19-27)43(30-13-5-2-6-14-30)32-23-24-35-34-15-7-8-17-37(34)44-38(35)26-32/h1-26H. The van der Waals surface area contributed by atoms with Crippen LogP contribution in [-0.4, -0.2) is 4.98 Å². The number of furan rings is 1. The van der Waals surface area contributed by atoms with E-state index in [0.29, 0.717) is 5.89 Å². The van der Waals surface area contributed by atoms with Gasteiger partial charge in [-0.1, -0.05) is 91.0 Å². The molecular formula is C41H26N2O2. The first-order valence-corrected chi connectivity index (χ1v) is 15.0. The summed E-state index contributed by atoms with van der Waals surface area (Å²) in [6, 6.07) is 54.4. The van der Waals surface area contributed by atoms with E-state index in [1.165, 1.54) is 0 Å². The Morgan fingerprint density at radius 2 is 1.18 bits per heavy atom. The molecule has 0 aliphatic carbocycles. The van der Waals surface area contributed by atoms with Gasteiger partial charge in [0.05, 0.1) is 0 Å². The van der Waals surface area contributed by atoms with Gasteiger partial charge in [-0.2, -0.15) is 0 Å². The first-order chi connectivity index (χ1) is 22.3. The molecule has 212 valence electrons. The van der Waals surface area contributed by atoms with Crippen LogP contribution in [0, 0.1) is 0 Å². The lowest BCUT2D eigenvalue weighted by Crippen LogP contribution is -2.09. The molecule has 0 N–H and O–H groups in total. The fourth-order valence-electron chi connectivity index (χ4n) is 6.37. The molecule has 0 atom stereocenters. The van der Waals surface area contributed by atoms with Gasteiger partial charge in [-0.05, 0) is 77.2 Å². The quantitative estimate of drug-likeness (QED) is 0.204. The van der Waals surface area contributed by atoms with Gasteiger partial charge in [-0.25, -0.2) is 4.98 Å². The van der Waals surface area contributed by atoms with E-state index in [-0.39, 0.29) is 0 Å². The van der Waals surface area contributed by atoms with Crippen LogP contribution in [0.25, 0.3) is 66.4 Å². The highest BCUT2D eigenvalue weighted by Crippen LogP contribution is 2.41. The van der Waals surface area contributed by atoms with E-state index in [1.807, 2.05) is 54.6 Å². The maximum absolute atomic E-state index is 6.44. The fraction of sp³-hybridized carbons (Fsp3) is 0. The van der Waals surface area contributed by atoms with E-state index in [9.17, 15) is 0 Å². The Morgan fingerprint density at radius 1 is 0.467 bits per heavy atom. The SMILES string of the molecule is c1ccc(-c2nc3ccc4cccc(-c5ccc(N(c6ccccc6)c6ccc7c(c6)oc6ccccc67)cc5)c4c3o2)cc1. The Kier molecular flexibility index (Phi) is 5.78. The van der Waals surface area contributed by atoms with Gasteiger partial charge in [0.25, 0.3) is 0 Å². The summed E-state index contributed by atoms with van der Waals surface area (Å²) in [6.45, 7) is 0. The Morgan fingerprint density at radius 3 is 2.02 bits per heavy atom. The number of rotatable bonds is 5. The van der Waals surface area contributed by atoms with Crippen LogP contribution in [0.1, 0.15) is 0 Å². The van der Waals surface area contributed by atoms with Gasteiger partial charge < -0.3 is 13.7 Å². The van der Waals surface area contributed by atoms with Crippen molar-refractivity contribution in [2.24, 2.45) is 0 Å². The maximum Gasteiger partial charge on any atom is 0.227 e. The van der Waals surface area contributed by atoms with Crippen molar-refractivity contribution >= 4 is 60.9 Å². The van der Waals surface area contributed by atoms with Crippen molar-refractivity contribution in [3.05, 3.63) is 158 Å². The molecule has 0 bridgehead atoms. The van der Waals surface area contributed by atoms with E-state index in [0.717, 1.165) is 77.6 Å². The summed E-state index contributed by atoms with van der Waals surface area (Å²) in [5, 5.41) is 4.42. The van der Waals surface area contributed by atoms with E-state index < -0.39 is 0 Å². The van der Waals surface area contributed by atoms with E-state index in [2.05, 4.69) is 108 Å². The number of benzene rings is 7. The second-order valence-corrected chi connectivity index (χ2v) is 11.2. The number of anilines is 3. The van der Waals surface area contributed by atoms with Gasteiger partial charge >= 0.3 is 0 Å². The summed E-state index contributed by atoms with van der Waals surface area (Å²) in [6.07, 6.45) is 0. The van der Waals surface area contributed by atoms with Crippen LogP contribution in [0.5, 0.6) is 0 Å². The maximum atomic E-state index is 6.44. The van der Waals surface area contributed by atoms with Gasteiger partial charge in [-0.15, -0.1) is 0 Å². The lowest BCUT2D eigenvalue weighted by molar-refractivity contribution is 0.623. The predicted molar refractivity (Wildman–Crippen MR) is 184 cm³/mol. The van der Waals surface area contributed by atoms with E-state index in [4.69, 9.17) is 13.8 Å². The number of fused-ring (bicyclic) bond motifs is 6. The molecule has 2 aromatic heterocycles. The Labute approximate surface area is 259 Å². The summed E-state index contributed by atoms with van der Waals surface area (Å²) in [7, 11) is 0. The normalized spacial score (nSPS) is 11.6. The van der Waals surface area contributed by atoms with Crippen molar-refractivity contribution in [2.45, 2.75) is 0 Å². The fourth-order valence-corrected chi connectivity index (χ4v) is 6.37. The molecule has 7 aromatic carbocycles. The highest BCUT2D eigenvalue weighted by Gasteiger charge is 2.17. The molecule has 4 nitrogen and oxygen atoms in total. The average Bonchev–Trinajstić information content (AvgIpc) is 3.71. The Balaban J connectivity index is 1.16. The minimum Gasteiger partial charge on any atom is -0.456 e. The van der Waals surface area contributed by atoms with Crippen molar-refractivity contribution < 1.29 is 8.83 Å². The summed E-state index contributed by atoms with van der Waals surface area (Å²) >= 11 is 0. The molecule has 0 aliphatic rings. The van der Waals surface area contributed by atoms with Gasteiger partial charge in [-0.3, -0.25) is 0 Å². The molecule has 9 aromatic rings. The lowest BCUT2D eigenvalue weighted by Gasteiger charge is -2.25. The molecule has 0 aliphatic heterocycles. The Hall–Kier alpha value is -6.13. The molecule has 0 amide bonds. The lowest BCUT2D eigenvalue weighted by atomic mass is 9.97. The van der Waals surface area contributed by atoms with Gasteiger partial charge in [0.15, 0.2) is 5.58 Å². The van der Waals surface area contributed by atoms with Crippen LogP contribution in [0.2, 0.25) is 0 Å². The molecule has 2 heterocycles. The third kappa shape index (κ3) is 4.27. The zero-order chi connectivity index (χ0) is 29.7. The monoisotopic (exact) mass is 578 g/mol. The number of hydrogen-bond acceptors (Lipinski definition) is 4. The van der Waals surface area contributed by atoms with Crippen LogP contribution >= 0.6 is 0 Å². The third-order valence-electron chi connectivity index (χ3n) is 8.49. The van der Waals surface area contributed by atoms with Gasteiger partial charge in [0.2, 0.25) is 5.89 Å². The highest BCUT2D eigenvalue weighted by atomic mass is 16.3. The molecule has 9 rings (SSSR count). The summed E-state index contributed by atoms with van der Waals surface area (Å²) in [5.41, 5.74) is 9.75. The first kappa shape index (κ1) is 25.4. The molecular weight excluding hydrogens is 552 g/mol. The van der Waals surface area contributed by atoms with Crippen LogP contribution in [-0.2, 0) is 0 Å². The summed E-state index contributed by atoms with van der Waals surface area (Å²) in [5.74, 6) is 0.628. The molecule has 0 saturated carbocycles. The second-order valence-electron chi connectivity index (χ2n) is 11.2. The van der Waals surface area contributed by atoms with Gasteiger partial charge in [0, 0.05) is 44.9 Å². The molecule has 45 heavy (non-hydrogen) atoms. The highest BCUT2D eigenvalue weighted by molar-refractivity contribution is 6.11. The zero-order valence-corrected chi connectivity index (χ0v) is 24.2. The molecule has 0 fully saturated rings. The predicted octanol–water partition coefficient (Wildman–Crippen LogP) is 11.7. The smallest absolute Gasteiger partial charge is 0.227 e. The first-order valence-electron chi connectivity index (χ1n) is 15.0. The summed E-state index contributed by atoms with van der Waals surface area (Å²) < 4.78 is 12.7. The van der Waals surface area contributed by atoms with Crippen molar-refractivity contribution in [1.29, 1.82) is 0 Å². The molecule has 0 saturated heterocycles. The third-order valence-corrected chi connectivity index (χ3v) is 8.49. The molecule has 0 unspecified atom stereocenters. The Bertz CT molecular complexity index is 2480. The largest absolute Gasteiger partial charge is 0.456 e. The minimum atomic E-state index is 0.628. The topological polar surface area (TPSA) is 42.4 Å². The van der Waals surface area contributed by atoms with E-state index >= 15 is 0 Å². The number of para-hydroxylation sites is 2. The average molecular weight is 579 g/mol. The minimum absolute atomic E-state index is 0.628. The van der Waals surface area contributed by atoms with Crippen LogP contribution in [0.4, 0.5) is 17.1 Å². The van der Waals surface area contributed by atoms with Crippen molar-refractivity contribution in [1.82, 2.24) is 4.98 Å². The van der Waals surface area contributed by atoms with Gasteiger partial charge in [0.1, 0.15) is 16.7 Å². The summed E-state index contributed by atoms with van der Waals surface area (Å²) in [4.78, 5) is 7.09. The van der Waals surface area contributed by atoms with Crippen LogP contribution in [0.3, 0.4) is 0 Å². The molecule has 0 spiro atoms. The number of oxazole rings is 1. The number of nitrogens with zero attached hydrogens (tertiary/aromatic N) is 2. The molecule has 4 heteroatoms. The van der Waals surface area contributed by atoms with Crippen molar-refractivity contribution in [2.75, 3.05) is 4.90 Å².